The molecule has 1 unspecified atom stereocenters. The Morgan fingerprint density at radius 2 is 1.97 bits per heavy atom. The monoisotopic (exact) mass is 542 g/mol. The van der Waals surface area contributed by atoms with Gasteiger partial charge in [0.15, 0.2) is 5.96 Å². The molecule has 1 aliphatic heterocycles. The van der Waals surface area contributed by atoms with Crippen LogP contribution in [0.5, 0.6) is 0 Å². The number of guanidine groups is 1. The average Bonchev–Trinajstić information content (AvgIpc) is 3.28. The summed E-state index contributed by atoms with van der Waals surface area (Å²) < 4.78 is 5.43. The van der Waals surface area contributed by atoms with E-state index in [-0.39, 0.29) is 24.0 Å². The largest absolute Gasteiger partial charge is 0.469 e. The molecule has 0 bridgehead atoms. The van der Waals surface area contributed by atoms with Gasteiger partial charge in [0, 0.05) is 43.9 Å². The van der Waals surface area contributed by atoms with Gasteiger partial charge in [-0.15, -0.1) is 24.0 Å². The molecule has 1 aromatic heterocycles. The molecule has 0 saturated carbocycles. The van der Waals surface area contributed by atoms with Crippen LogP contribution in [0.25, 0.3) is 0 Å². The number of halogens is 1. The fourth-order valence-electron chi connectivity index (χ4n) is 3.73. The Labute approximate surface area is 202 Å². The van der Waals surface area contributed by atoms with Crippen LogP contribution in [-0.4, -0.2) is 55.1 Å². The van der Waals surface area contributed by atoms with Crippen molar-refractivity contribution in [2.24, 2.45) is 4.99 Å². The second-order valence-electron chi connectivity index (χ2n) is 7.52. The lowest BCUT2D eigenvalue weighted by Gasteiger charge is -2.37. The molecule has 1 atom stereocenters. The highest BCUT2D eigenvalue weighted by Crippen LogP contribution is 2.23. The highest BCUT2D eigenvalue weighted by Gasteiger charge is 2.24. The van der Waals surface area contributed by atoms with E-state index in [1.165, 1.54) is 5.56 Å². The van der Waals surface area contributed by atoms with Gasteiger partial charge in [0.1, 0.15) is 5.76 Å². The Balaban J connectivity index is 0.00000320. The number of nitrogens with zero attached hydrogens (tertiary/aromatic N) is 2. The smallest absolute Gasteiger partial charge is 0.191 e. The fraction of sp³-hybridized carbons (Fsp3) is 0.522. The van der Waals surface area contributed by atoms with Crippen molar-refractivity contribution in [3.8, 4) is 0 Å². The molecule has 166 valence electrons. The Morgan fingerprint density at radius 3 is 2.63 bits per heavy atom. The molecule has 7 heteroatoms. The molecule has 2 N–H and O–H groups in total. The Hall–Kier alpha value is -1.19. The molecule has 0 radical (unpaired) electrons. The summed E-state index contributed by atoms with van der Waals surface area (Å²) in [6.45, 7) is 6.19. The third kappa shape index (κ3) is 8.15. The minimum Gasteiger partial charge on any atom is -0.469 e. The molecular weight excluding hydrogens is 507 g/mol. The third-order valence-corrected chi connectivity index (χ3v) is 6.10. The predicted octanol–water partition coefficient (Wildman–Crippen LogP) is 4.56. The van der Waals surface area contributed by atoms with E-state index in [1.54, 1.807) is 6.26 Å². The summed E-state index contributed by atoms with van der Waals surface area (Å²) in [5.74, 6) is 2.97. The first-order chi connectivity index (χ1) is 14.3. The molecule has 1 aromatic carbocycles. The molecule has 5 nitrogen and oxygen atoms in total. The molecular formula is C23H35IN4OS. The number of furan rings is 1. The number of piperidine rings is 1. The van der Waals surface area contributed by atoms with Gasteiger partial charge >= 0.3 is 0 Å². The van der Waals surface area contributed by atoms with E-state index in [0.717, 1.165) is 62.9 Å². The number of thioether (sulfide) groups is 1. The highest BCUT2D eigenvalue weighted by atomic mass is 127. The molecule has 1 saturated heterocycles. The quantitative estimate of drug-likeness (QED) is 0.211. The number of benzene rings is 1. The van der Waals surface area contributed by atoms with E-state index in [1.807, 2.05) is 23.9 Å². The highest BCUT2D eigenvalue weighted by molar-refractivity contribution is 14.0. The first-order valence-electron chi connectivity index (χ1n) is 10.6. The molecule has 3 rings (SSSR count). The fourth-order valence-corrected chi connectivity index (χ4v) is 4.00. The third-order valence-electron chi connectivity index (χ3n) is 5.51. The van der Waals surface area contributed by atoms with E-state index >= 15 is 0 Å². The van der Waals surface area contributed by atoms with Gasteiger partial charge in [-0.1, -0.05) is 30.3 Å². The van der Waals surface area contributed by atoms with Crippen LogP contribution < -0.4 is 10.6 Å². The maximum atomic E-state index is 5.43. The van der Waals surface area contributed by atoms with Crippen molar-refractivity contribution in [3.05, 3.63) is 60.1 Å². The molecule has 30 heavy (non-hydrogen) atoms. The summed E-state index contributed by atoms with van der Waals surface area (Å²) in [7, 11) is 0. The maximum absolute atomic E-state index is 5.43. The lowest BCUT2D eigenvalue weighted by atomic mass is 10.0. The normalized spacial score (nSPS) is 16.7. The minimum atomic E-state index is 0. The Bertz CT molecular complexity index is 718. The summed E-state index contributed by atoms with van der Waals surface area (Å²) >= 11 is 1.83. The van der Waals surface area contributed by atoms with Gasteiger partial charge < -0.3 is 15.1 Å². The van der Waals surface area contributed by atoms with E-state index in [9.17, 15) is 0 Å². The number of nitrogens with one attached hydrogen (secondary N) is 2. The van der Waals surface area contributed by atoms with E-state index in [4.69, 9.17) is 9.41 Å². The maximum Gasteiger partial charge on any atom is 0.191 e. The molecule has 2 heterocycles. The van der Waals surface area contributed by atoms with Gasteiger partial charge in [0.25, 0.3) is 0 Å². The van der Waals surface area contributed by atoms with Crippen LogP contribution in [0.15, 0.2) is 58.1 Å². The lowest BCUT2D eigenvalue weighted by Crippen LogP contribution is -2.49. The number of hydrogen-bond acceptors (Lipinski definition) is 4. The van der Waals surface area contributed by atoms with Crippen LogP contribution >= 0.6 is 35.7 Å². The van der Waals surface area contributed by atoms with Gasteiger partial charge in [-0.25, -0.2) is 0 Å². The van der Waals surface area contributed by atoms with Crippen molar-refractivity contribution in [2.75, 3.05) is 38.2 Å². The minimum absolute atomic E-state index is 0. The van der Waals surface area contributed by atoms with Crippen molar-refractivity contribution < 1.29 is 4.42 Å². The van der Waals surface area contributed by atoms with Crippen LogP contribution in [0.4, 0.5) is 0 Å². The summed E-state index contributed by atoms with van der Waals surface area (Å²) in [4.78, 5) is 7.34. The SMILES string of the molecule is CSCCN=C(NCCc1ccco1)NC1CCN(C(C)c2ccccc2)CC1.I. The second kappa shape index (κ2) is 14.0. The molecule has 0 spiro atoms. The van der Waals surface area contributed by atoms with Crippen LogP contribution in [-0.2, 0) is 6.42 Å². The molecule has 2 aromatic rings. The summed E-state index contributed by atoms with van der Waals surface area (Å²) in [6.07, 6.45) is 6.99. The zero-order valence-corrected chi connectivity index (χ0v) is 21.2. The van der Waals surface area contributed by atoms with Crippen LogP contribution in [0.3, 0.4) is 0 Å². The second-order valence-corrected chi connectivity index (χ2v) is 8.51. The van der Waals surface area contributed by atoms with Crippen LogP contribution in [0.1, 0.15) is 37.1 Å². The Morgan fingerprint density at radius 1 is 1.20 bits per heavy atom. The zero-order chi connectivity index (χ0) is 20.3. The van der Waals surface area contributed by atoms with Gasteiger partial charge in [-0.05, 0) is 43.7 Å². The number of rotatable bonds is 9. The zero-order valence-electron chi connectivity index (χ0n) is 18.0. The molecule has 1 fully saturated rings. The first kappa shape index (κ1) is 25.1. The lowest BCUT2D eigenvalue weighted by molar-refractivity contribution is 0.158. The molecule has 1 aliphatic rings. The van der Waals surface area contributed by atoms with Gasteiger partial charge in [0.2, 0.25) is 0 Å². The topological polar surface area (TPSA) is 52.8 Å². The number of likely N-dealkylation sites (tertiary alicyclic amines) is 1. The van der Waals surface area contributed by atoms with E-state index < -0.39 is 0 Å². The average molecular weight is 543 g/mol. The van der Waals surface area contributed by atoms with Crippen molar-refractivity contribution in [1.29, 1.82) is 0 Å². The molecule has 0 amide bonds. The van der Waals surface area contributed by atoms with Gasteiger partial charge in [-0.2, -0.15) is 11.8 Å². The number of aliphatic imine (C=N–C) groups is 1. The van der Waals surface area contributed by atoms with Crippen molar-refractivity contribution in [2.45, 2.75) is 38.3 Å². The van der Waals surface area contributed by atoms with E-state index in [0.29, 0.717) is 12.1 Å². The van der Waals surface area contributed by atoms with Gasteiger partial charge in [0.05, 0.1) is 12.8 Å². The number of hydrogen-bond donors (Lipinski definition) is 2. The molecule has 0 aliphatic carbocycles. The van der Waals surface area contributed by atoms with Crippen molar-refractivity contribution in [1.82, 2.24) is 15.5 Å². The van der Waals surface area contributed by atoms with Crippen LogP contribution in [0, 0.1) is 0 Å². The standard InChI is InChI=1S/C23H34N4OS.HI/c1-19(20-7-4-3-5-8-20)27-15-11-21(12-16-27)26-23(25-14-18-29-2)24-13-10-22-9-6-17-28-22;/h3-9,17,19,21H,10-16,18H2,1-2H3,(H2,24,25,26);1H. The predicted molar refractivity (Wildman–Crippen MR) is 139 cm³/mol. The van der Waals surface area contributed by atoms with Crippen molar-refractivity contribution in [3.63, 3.8) is 0 Å². The Kier molecular flexibility index (Phi) is 11.7. The summed E-state index contributed by atoms with van der Waals surface area (Å²) in [6, 6.07) is 15.7. The van der Waals surface area contributed by atoms with Gasteiger partial charge in [-0.3, -0.25) is 9.89 Å². The van der Waals surface area contributed by atoms with Crippen LogP contribution in [0.2, 0.25) is 0 Å². The van der Waals surface area contributed by atoms with Crippen molar-refractivity contribution >= 4 is 41.7 Å². The first-order valence-corrected chi connectivity index (χ1v) is 12.0. The summed E-state index contributed by atoms with van der Waals surface area (Å²) in [5.41, 5.74) is 1.40. The van der Waals surface area contributed by atoms with E-state index in [2.05, 4.69) is 59.0 Å². The summed E-state index contributed by atoms with van der Waals surface area (Å²) in [5, 5.41) is 7.15.